The quantitative estimate of drug-likeness (QED) is 0.918. The molecule has 1 aromatic heterocycles. The van der Waals surface area contributed by atoms with Gasteiger partial charge < -0.3 is 5.11 Å². The number of aryl methyl sites for hydroxylation is 1. The van der Waals surface area contributed by atoms with Gasteiger partial charge in [0.25, 0.3) is 0 Å². The van der Waals surface area contributed by atoms with E-state index in [0.29, 0.717) is 16.9 Å². The fourth-order valence-electron chi connectivity index (χ4n) is 1.45. The Morgan fingerprint density at radius 1 is 1.60 bits per heavy atom. The average Bonchev–Trinajstić information content (AvgIpc) is 2.43. The fourth-order valence-corrected chi connectivity index (χ4v) is 2.07. The zero-order valence-electron chi connectivity index (χ0n) is 9.12. The summed E-state index contributed by atoms with van der Waals surface area (Å²) in [5, 5.41) is 13.0. The van der Waals surface area contributed by atoms with Crippen molar-refractivity contribution in [1.29, 1.82) is 0 Å². The zero-order chi connectivity index (χ0) is 11.6. The highest BCUT2D eigenvalue weighted by Crippen LogP contribution is 2.24. The van der Waals surface area contributed by atoms with Crippen molar-refractivity contribution in [2.45, 2.75) is 33.7 Å². The molecule has 15 heavy (non-hydrogen) atoms. The highest BCUT2D eigenvalue weighted by atomic mass is 79.9. The molecule has 0 aliphatic rings. The lowest BCUT2D eigenvalue weighted by Crippen LogP contribution is -2.06. The highest BCUT2D eigenvalue weighted by molar-refractivity contribution is 9.10. The summed E-state index contributed by atoms with van der Waals surface area (Å²) in [4.78, 5) is 10.9. The minimum absolute atomic E-state index is 0.104. The predicted molar refractivity (Wildman–Crippen MR) is 61.1 cm³/mol. The predicted octanol–water partition coefficient (Wildman–Crippen LogP) is 2.56. The van der Waals surface area contributed by atoms with Gasteiger partial charge >= 0.3 is 5.97 Å². The fraction of sp³-hybridized carbons (Fsp3) is 0.600. The van der Waals surface area contributed by atoms with Crippen molar-refractivity contribution >= 4 is 21.9 Å². The lowest BCUT2D eigenvalue weighted by atomic mass is 10.1. The third-order valence-electron chi connectivity index (χ3n) is 2.10. The van der Waals surface area contributed by atoms with Gasteiger partial charge in [-0.25, -0.2) is 4.79 Å². The molecule has 0 bridgehead atoms. The van der Waals surface area contributed by atoms with Gasteiger partial charge in [-0.1, -0.05) is 13.8 Å². The Labute approximate surface area is 97.4 Å². The van der Waals surface area contributed by atoms with Crippen LogP contribution in [0.3, 0.4) is 0 Å². The van der Waals surface area contributed by atoms with Crippen molar-refractivity contribution < 1.29 is 9.90 Å². The first-order valence-corrected chi connectivity index (χ1v) is 5.75. The van der Waals surface area contributed by atoms with E-state index < -0.39 is 5.97 Å². The summed E-state index contributed by atoms with van der Waals surface area (Å²) in [6.07, 6.45) is 0.828. The van der Waals surface area contributed by atoms with Crippen molar-refractivity contribution in [1.82, 2.24) is 9.78 Å². The second-order valence-corrected chi connectivity index (χ2v) is 4.62. The molecule has 1 aromatic rings. The molecule has 0 radical (unpaired) electrons. The summed E-state index contributed by atoms with van der Waals surface area (Å²) in [6.45, 7) is 6.84. The van der Waals surface area contributed by atoms with Crippen molar-refractivity contribution in [3.63, 3.8) is 0 Å². The molecule has 0 unspecified atom stereocenters. The molecule has 0 saturated carbocycles. The maximum atomic E-state index is 10.9. The van der Waals surface area contributed by atoms with Crippen LogP contribution in [0, 0.1) is 5.92 Å². The number of aromatic nitrogens is 2. The minimum Gasteiger partial charge on any atom is -0.476 e. The largest absolute Gasteiger partial charge is 0.476 e. The standard InChI is InChI=1S/C10H15BrN2O2/c1-4-13-7(5-6(2)3)8(11)9(12-13)10(14)15/h6H,4-5H2,1-3H3,(H,14,15). The van der Waals surface area contributed by atoms with Crippen molar-refractivity contribution in [2.24, 2.45) is 5.92 Å². The molecular weight excluding hydrogens is 260 g/mol. The van der Waals surface area contributed by atoms with Crippen LogP contribution >= 0.6 is 15.9 Å². The number of aromatic carboxylic acids is 1. The van der Waals surface area contributed by atoms with E-state index in [1.54, 1.807) is 4.68 Å². The van der Waals surface area contributed by atoms with Crippen LogP contribution in [0.15, 0.2) is 4.47 Å². The van der Waals surface area contributed by atoms with E-state index in [1.165, 1.54) is 0 Å². The van der Waals surface area contributed by atoms with Crippen LogP contribution in [0.2, 0.25) is 0 Å². The molecule has 0 aliphatic carbocycles. The molecule has 5 heteroatoms. The van der Waals surface area contributed by atoms with Gasteiger partial charge in [-0.2, -0.15) is 5.10 Å². The van der Waals surface area contributed by atoms with Crippen LogP contribution in [-0.2, 0) is 13.0 Å². The second kappa shape index (κ2) is 4.79. The summed E-state index contributed by atoms with van der Waals surface area (Å²) in [5.74, 6) is -0.510. The number of nitrogens with zero attached hydrogens (tertiary/aromatic N) is 2. The number of rotatable bonds is 4. The summed E-state index contributed by atoms with van der Waals surface area (Å²) < 4.78 is 2.36. The van der Waals surface area contributed by atoms with Crippen LogP contribution in [-0.4, -0.2) is 20.9 Å². The van der Waals surface area contributed by atoms with Crippen LogP contribution in [0.4, 0.5) is 0 Å². The lowest BCUT2D eigenvalue weighted by Gasteiger charge is -2.07. The molecule has 1 rings (SSSR count). The summed E-state index contributed by atoms with van der Waals surface area (Å²) in [7, 11) is 0. The Bertz CT molecular complexity index is 372. The normalized spacial score (nSPS) is 11.0. The first-order chi connectivity index (χ1) is 6.97. The van der Waals surface area contributed by atoms with Gasteiger partial charge in [0.15, 0.2) is 5.69 Å². The first kappa shape index (κ1) is 12.2. The monoisotopic (exact) mass is 274 g/mol. The Kier molecular flexibility index (Phi) is 3.90. The van der Waals surface area contributed by atoms with Gasteiger partial charge in [-0.05, 0) is 35.2 Å². The Morgan fingerprint density at radius 2 is 2.20 bits per heavy atom. The van der Waals surface area contributed by atoms with Crippen molar-refractivity contribution in [2.75, 3.05) is 0 Å². The zero-order valence-corrected chi connectivity index (χ0v) is 10.7. The summed E-state index contributed by atoms with van der Waals surface area (Å²) in [6, 6.07) is 0. The summed E-state index contributed by atoms with van der Waals surface area (Å²) >= 11 is 3.31. The maximum absolute atomic E-state index is 10.9. The lowest BCUT2D eigenvalue weighted by molar-refractivity contribution is 0.0688. The molecule has 0 amide bonds. The average molecular weight is 275 g/mol. The third kappa shape index (κ3) is 2.59. The molecule has 0 spiro atoms. The number of halogens is 1. The Balaban J connectivity index is 3.17. The molecule has 1 N–H and O–H groups in total. The van der Waals surface area contributed by atoms with Crippen LogP contribution < -0.4 is 0 Å². The molecule has 1 heterocycles. The molecule has 0 aromatic carbocycles. The molecule has 0 aliphatic heterocycles. The molecule has 4 nitrogen and oxygen atoms in total. The van der Waals surface area contributed by atoms with E-state index >= 15 is 0 Å². The smallest absolute Gasteiger partial charge is 0.357 e. The number of carbonyl (C=O) groups is 1. The number of carboxylic acid groups (broad SMARTS) is 1. The van der Waals surface area contributed by atoms with Gasteiger partial charge in [-0.3, -0.25) is 4.68 Å². The van der Waals surface area contributed by atoms with E-state index in [4.69, 9.17) is 5.11 Å². The van der Waals surface area contributed by atoms with Crippen LogP contribution in [0.5, 0.6) is 0 Å². The van der Waals surface area contributed by atoms with E-state index in [1.807, 2.05) is 6.92 Å². The molecular formula is C10H15BrN2O2. The Hall–Kier alpha value is -0.840. The summed E-state index contributed by atoms with van der Waals surface area (Å²) in [5.41, 5.74) is 1.07. The second-order valence-electron chi connectivity index (χ2n) is 3.83. The van der Waals surface area contributed by atoms with Gasteiger partial charge in [0, 0.05) is 6.54 Å². The molecule has 0 saturated heterocycles. The van der Waals surface area contributed by atoms with Gasteiger partial charge in [-0.15, -0.1) is 0 Å². The van der Waals surface area contributed by atoms with E-state index in [2.05, 4.69) is 34.9 Å². The van der Waals surface area contributed by atoms with E-state index in [-0.39, 0.29) is 5.69 Å². The molecule has 0 atom stereocenters. The Morgan fingerprint density at radius 3 is 2.60 bits per heavy atom. The SMILES string of the molecule is CCn1nc(C(=O)O)c(Br)c1CC(C)C. The topological polar surface area (TPSA) is 55.1 Å². The molecule has 84 valence electrons. The van der Waals surface area contributed by atoms with Gasteiger partial charge in [0.1, 0.15) is 0 Å². The maximum Gasteiger partial charge on any atom is 0.357 e. The number of hydrogen-bond donors (Lipinski definition) is 1. The number of carboxylic acids is 1. The van der Waals surface area contributed by atoms with Gasteiger partial charge in [0.05, 0.1) is 10.2 Å². The van der Waals surface area contributed by atoms with E-state index in [0.717, 1.165) is 12.1 Å². The van der Waals surface area contributed by atoms with Crippen LogP contribution in [0.1, 0.15) is 37.0 Å². The molecule has 0 fully saturated rings. The van der Waals surface area contributed by atoms with Crippen molar-refractivity contribution in [3.05, 3.63) is 15.9 Å². The number of hydrogen-bond acceptors (Lipinski definition) is 2. The van der Waals surface area contributed by atoms with E-state index in [9.17, 15) is 4.79 Å². The third-order valence-corrected chi connectivity index (χ3v) is 2.93. The first-order valence-electron chi connectivity index (χ1n) is 4.95. The highest BCUT2D eigenvalue weighted by Gasteiger charge is 2.20. The minimum atomic E-state index is -0.987. The van der Waals surface area contributed by atoms with Crippen molar-refractivity contribution in [3.8, 4) is 0 Å². The van der Waals surface area contributed by atoms with Crippen LogP contribution in [0.25, 0.3) is 0 Å². The van der Waals surface area contributed by atoms with Gasteiger partial charge in [0.2, 0.25) is 0 Å².